The smallest absolute Gasteiger partial charge is 0.130 e. The van der Waals surface area contributed by atoms with Crippen molar-refractivity contribution in [3.8, 4) is 5.75 Å². The zero-order valence-corrected chi connectivity index (χ0v) is 12.4. The van der Waals surface area contributed by atoms with E-state index in [9.17, 15) is 5.11 Å². The van der Waals surface area contributed by atoms with E-state index < -0.39 is 6.10 Å². The first-order chi connectivity index (χ1) is 9.02. The number of halogens is 1. The molecule has 4 heteroatoms. The van der Waals surface area contributed by atoms with E-state index in [1.165, 1.54) is 0 Å². The molecule has 3 nitrogen and oxygen atoms in total. The Morgan fingerprint density at radius 1 is 1.32 bits per heavy atom. The molecule has 106 valence electrons. The fourth-order valence-corrected chi connectivity index (χ4v) is 2.71. The number of aryl methyl sites for hydroxylation is 2. The molecule has 1 aliphatic rings. The maximum atomic E-state index is 9.74. The summed E-state index contributed by atoms with van der Waals surface area (Å²) in [5, 5.41) is 10.5. The van der Waals surface area contributed by atoms with E-state index in [1.807, 2.05) is 26.0 Å². The number of hydrogen-bond donors (Lipinski definition) is 1. The predicted octanol–water partition coefficient (Wildman–Crippen LogP) is 3.26. The van der Waals surface area contributed by atoms with Crippen LogP contribution in [0.1, 0.15) is 30.9 Å². The van der Waals surface area contributed by atoms with E-state index in [-0.39, 0.29) is 12.2 Å². The molecule has 3 unspecified atom stereocenters. The van der Waals surface area contributed by atoms with Crippen molar-refractivity contribution in [1.29, 1.82) is 0 Å². The second-order valence-corrected chi connectivity index (χ2v) is 5.60. The third-order valence-corrected chi connectivity index (χ3v) is 3.65. The highest BCUT2D eigenvalue weighted by molar-refractivity contribution is 6.30. The summed E-state index contributed by atoms with van der Waals surface area (Å²) in [6.07, 6.45) is 0.865. The van der Waals surface area contributed by atoms with Gasteiger partial charge in [0, 0.05) is 18.1 Å². The van der Waals surface area contributed by atoms with Gasteiger partial charge < -0.3 is 14.6 Å². The van der Waals surface area contributed by atoms with Crippen LogP contribution in [0.4, 0.5) is 0 Å². The van der Waals surface area contributed by atoms with Gasteiger partial charge in [-0.25, -0.2) is 0 Å². The maximum Gasteiger partial charge on any atom is 0.130 e. The highest BCUT2D eigenvalue weighted by Crippen LogP contribution is 2.33. The lowest BCUT2D eigenvalue weighted by Gasteiger charge is -2.41. The topological polar surface area (TPSA) is 38.7 Å². The van der Waals surface area contributed by atoms with Crippen molar-refractivity contribution < 1.29 is 14.6 Å². The zero-order chi connectivity index (χ0) is 14.0. The molecule has 19 heavy (non-hydrogen) atoms. The summed E-state index contributed by atoms with van der Waals surface area (Å²) in [6.45, 7) is 6.66. The summed E-state index contributed by atoms with van der Waals surface area (Å²) in [5.41, 5.74) is 2.03. The third kappa shape index (κ3) is 3.22. The number of ether oxygens (including phenoxy) is 2. The van der Waals surface area contributed by atoms with Gasteiger partial charge in [-0.15, -0.1) is 0 Å². The van der Waals surface area contributed by atoms with Gasteiger partial charge in [0.15, 0.2) is 0 Å². The lowest BCUT2D eigenvalue weighted by Crippen LogP contribution is -2.55. The quantitative estimate of drug-likeness (QED) is 0.902. The van der Waals surface area contributed by atoms with E-state index >= 15 is 0 Å². The number of rotatable bonds is 5. The van der Waals surface area contributed by atoms with Gasteiger partial charge in [-0.2, -0.15) is 0 Å². The SMILES string of the molecule is CCCOC1C(O)CC1Oc1c(C)cc(Cl)cc1C. The summed E-state index contributed by atoms with van der Waals surface area (Å²) in [5.74, 6) is 0.853. The van der Waals surface area contributed by atoms with Crippen LogP contribution in [0.15, 0.2) is 12.1 Å². The van der Waals surface area contributed by atoms with Crippen LogP contribution < -0.4 is 4.74 Å². The van der Waals surface area contributed by atoms with Crippen molar-refractivity contribution in [3.05, 3.63) is 28.3 Å². The van der Waals surface area contributed by atoms with Crippen LogP contribution in [0.5, 0.6) is 5.75 Å². The Morgan fingerprint density at radius 3 is 2.47 bits per heavy atom. The highest BCUT2D eigenvalue weighted by Gasteiger charge is 2.43. The zero-order valence-electron chi connectivity index (χ0n) is 11.6. The van der Waals surface area contributed by atoms with Gasteiger partial charge in [-0.3, -0.25) is 0 Å². The fourth-order valence-electron chi connectivity index (χ4n) is 2.38. The molecule has 0 amide bonds. The molecule has 0 saturated heterocycles. The average molecular weight is 285 g/mol. The van der Waals surface area contributed by atoms with Gasteiger partial charge in [-0.05, 0) is 43.5 Å². The lowest BCUT2D eigenvalue weighted by molar-refractivity contribution is -0.162. The van der Waals surface area contributed by atoms with Crippen LogP contribution in [0.3, 0.4) is 0 Å². The van der Waals surface area contributed by atoms with Crippen molar-refractivity contribution >= 4 is 11.6 Å². The minimum atomic E-state index is -0.413. The Hall–Kier alpha value is -0.770. The molecule has 1 aliphatic carbocycles. The van der Waals surface area contributed by atoms with Crippen LogP contribution in [0, 0.1) is 13.8 Å². The van der Waals surface area contributed by atoms with Crippen molar-refractivity contribution in [2.24, 2.45) is 0 Å². The molecule has 1 saturated carbocycles. The third-order valence-electron chi connectivity index (χ3n) is 3.43. The van der Waals surface area contributed by atoms with E-state index in [1.54, 1.807) is 0 Å². The normalized spacial score (nSPS) is 26.1. The summed E-state index contributed by atoms with van der Waals surface area (Å²) in [7, 11) is 0. The number of aliphatic hydroxyl groups is 1. The standard InChI is InChI=1S/C15H21ClO3/c1-4-5-18-15-12(17)8-13(15)19-14-9(2)6-11(16)7-10(14)3/h6-7,12-13,15,17H,4-5,8H2,1-3H3. The van der Waals surface area contributed by atoms with Gasteiger partial charge in [0.05, 0.1) is 6.10 Å². The molecular formula is C15H21ClO3. The van der Waals surface area contributed by atoms with Crippen molar-refractivity contribution in [3.63, 3.8) is 0 Å². The van der Waals surface area contributed by atoms with Gasteiger partial charge >= 0.3 is 0 Å². The van der Waals surface area contributed by atoms with Crippen molar-refractivity contribution in [1.82, 2.24) is 0 Å². The molecule has 2 rings (SSSR count). The van der Waals surface area contributed by atoms with E-state index in [2.05, 4.69) is 6.92 Å². The number of hydrogen-bond acceptors (Lipinski definition) is 3. The summed E-state index contributed by atoms with van der Waals surface area (Å²) in [4.78, 5) is 0. The second-order valence-electron chi connectivity index (χ2n) is 5.16. The Labute approximate surface area is 119 Å². The predicted molar refractivity (Wildman–Crippen MR) is 76.0 cm³/mol. The van der Waals surface area contributed by atoms with Gasteiger partial charge in [0.2, 0.25) is 0 Å². The molecule has 1 fully saturated rings. The Balaban J connectivity index is 2.05. The Bertz CT molecular complexity index is 424. The minimum absolute atomic E-state index is 0.0693. The molecule has 1 aromatic rings. The summed E-state index contributed by atoms with van der Waals surface area (Å²) in [6, 6.07) is 3.78. The molecule has 0 spiro atoms. The molecule has 3 atom stereocenters. The minimum Gasteiger partial charge on any atom is -0.487 e. The molecular weight excluding hydrogens is 264 g/mol. The first kappa shape index (κ1) is 14.6. The summed E-state index contributed by atoms with van der Waals surface area (Å²) >= 11 is 6.01. The second kappa shape index (κ2) is 6.12. The van der Waals surface area contributed by atoms with Crippen LogP contribution >= 0.6 is 11.6 Å². The van der Waals surface area contributed by atoms with Crippen LogP contribution in [0.2, 0.25) is 5.02 Å². The van der Waals surface area contributed by atoms with Gasteiger partial charge in [0.25, 0.3) is 0 Å². The molecule has 1 N–H and O–H groups in total. The Kier molecular flexibility index (Phi) is 4.71. The fraction of sp³-hybridized carbons (Fsp3) is 0.600. The van der Waals surface area contributed by atoms with Crippen LogP contribution in [0.25, 0.3) is 0 Å². The van der Waals surface area contributed by atoms with Crippen LogP contribution in [-0.4, -0.2) is 30.0 Å². The van der Waals surface area contributed by atoms with E-state index in [0.29, 0.717) is 13.0 Å². The molecule has 1 aromatic carbocycles. The van der Waals surface area contributed by atoms with Gasteiger partial charge in [-0.1, -0.05) is 18.5 Å². The molecule has 0 heterocycles. The van der Waals surface area contributed by atoms with Crippen molar-refractivity contribution in [2.75, 3.05) is 6.61 Å². The lowest BCUT2D eigenvalue weighted by atomic mass is 9.87. The molecule has 0 bridgehead atoms. The van der Waals surface area contributed by atoms with Crippen LogP contribution in [-0.2, 0) is 4.74 Å². The maximum absolute atomic E-state index is 9.74. The molecule has 0 aromatic heterocycles. The molecule has 0 aliphatic heterocycles. The van der Waals surface area contributed by atoms with E-state index in [0.717, 1.165) is 28.3 Å². The largest absolute Gasteiger partial charge is 0.487 e. The Morgan fingerprint density at radius 2 is 1.95 bits per heavy atom. The first-order valence-electron chi connectivity index (χ1n) is 6.76. The van der Waals surface area contributed by atoms with E-state index in [4.69, 9.17) is 21.1 Å². The summed E-state index contributed by atoms with van der Waals surface area (Å²) < 4.78 is 11.6. The number of benzene rings is 1. The highest BCUT2D eigenvalue weighted by atomic mass is 35.5. The van der Waals surface area contributed by atoms with Crippen molar-refractivity contribution in [2.45, 2.75) is 51.9 Å². The first-order valence-corrected chi connectivity index (χ1v) is 7.13. The monoisotopic (exact) mass is 284 g/mol. The number of aliphatic hydroxyl groups excluding tert-OH is 1. The average Bonchev–Trinajstić information content (AvgIpc) is 2.32. The molecule has 0 radical (unpaired) electrons. The van der Waals surface area contributed by atoms with Gasteiger partial charge in [0.1, 0.15) is 18.0 Å².